The lowest BCUT2D eigenvalue weighted by molar-refractivity contribution is 0.281. The lowest BCUT2D eigenvalue weighted by Gasteiger charge is -2.40. The molecule has 5 heterocycles. The summed E-state index contributed by atoms with van der Waals surface area (Å²) in [7, 11) is 2.25. The number of nitrogens with zero attached hydrogens (tertiary/aromatic N) is 3. The molecule has 0 radical (unpaired) electrons. The van der Waals surface area contributed by atoms with Crippen molar-refractivity contribution in [2.45, 2.75) is 19.9 Å². The van der Waals surface area contributed by atoms with Crippen LogP contribution in [0.5, 0.6) is 0 Å². The Hall–Kier alpha value is -2.44. The molecule has 33 heavy (non-hydrogen) atoms. The maximum atomic E-state index is 3.71. The van der Waals surface area contributed by atoms with E-state index in [1.54, 1.807) is 0 Å². The Balaban J connectivity index is 0.00000111. The first-order valence-electron chi connectivity index (χ1n) is 12.9. The summed E-state index contributed by atoms with van der Waals surface area (Å²) in [4.78, 5) is 7.57. The first kappa shape index (κ1) is 22.4. The molecule has 0 aliphatic carbocycles. The van der Waals surface area contributed by atoms with Crippen molar-refractivity contribution in [2.24, 2.45) is 11.8 Å². The third kappa shape index (κ3) is 4.26. The quantitative estimate of drug-likeness (QED) is 0.660. The average molecular weight is 449 g/mol. The van der Waals surface area contributed by atoms with Crippen LogP contribution in [0.25, 0.3) is 5.70 Å². The molecule has 178 valence electrons. The zero-order chi connectivity index (χ0) is 22.8. The molecule has 1 aromatic rings. The fourth-order valence-electron chi connectivity index (χ4n) is 6.00. The van der Waals surface area contributed by atoms with Gasteiger partial charge < -0.3 is 30.7 Å². The number of piperazine rings is 1. The van der Waals surface area contributed by atoms with Crippen molar-refractivity contribution in [3.8, 4) is 0 Å². The van der Waals surface area contributed by atoms with Crippen LogP contribution in [-0.4, -0.2) is 81.8 Å². The van der Waals surface area contributed by atoms with E-state index in [1.165, 1.54) is 54.5 Å². The molecule has 3 unspecified atom stereocenters. The number of rotatable bonds is 3. The third-order valence-corrected chi connectivity index (χ3v) is 7.79. The van der Waals surface area contributed by atoms with Gasteiger partial charge in [-0.2, -0.15) is 0 Å². The number of nitrogens with one attached hydrogen (secondary N) is 3. The largest absolute Gasteiger partial charge is 0.370 e. The van der Waals surface area contributed by atoms with Crippen LogP contribution in [0.1, 0.15) is 19.4 Å². The predicted octanol–water partition coefficient (Wildman–Crippen LogP) is 2.30. The van der Waals surface area contributed by atoms with E-state index in [2.05, 4.69) is 80.2 Å². The number of anilines is 1. The van der Waals surface area contributed by atoms with E-state index in [9.17, 15) is 0 Å². The number of likely N-dealkylation sites (tertiary alicyclic amines) is 1. The minimum Gasteiger partial charge on any atom is -0.370 e. The van der Waals surface area contributed by atoms with Gasteiger partial charge in [0.05, 0.1) is 6.04 Å². The second kappa shape index (κ2) is 9.82. The van der Waals surface area contributed by atoms with Crippen LogP contribution in [-0.2, 0) is 0 Å². The van der Waals surface area contributed by atoms with Gasteiger partial charge in [0.15, 0.2) is 0 Å². The van der Waals surface area contributed by atoms with Crippen LogP contribution in [0.3, 0.4) is 0 Å². The van der Waals surface area contributed by atoms with Gasteiger partial charge in [-0.05, 0) is 35.6 Å². The normalized spacial score (nSPS) is 28.6. The highest BCUT2D eigenvalue weighted by atomic mass is 15.3. The summed E-state index contributed by atoms with van der Waals surface area (Å²) in [5, 5.41) is 10.7. The fraction of sp³-hybridized carbons (Fsp3) is 0.556. The molecule has 6 heteroatoms. The van der Waals surface area contributed by atoms with E-state index < -0.39 is 0 Å². The molecule has 0 spiro atoms. The molecule has 3 N–H and O–H groups in total. The molecule has 0 aromatic heterocycles. The molecule has 6 nitrogen and oxygen atoms in total. The molecule has 1 aromatic carbocycles. The van der Waals surface area contributed by atoms with Crippen LogP contribution in [0, 0.1) is 11.8 Å². The molecule has 5 aliphatic heterocycles. The van der Waals surface area contributed by atoms with Crippen molar-refractivity contribution in [2.75, 3.05) is 70.9 Å². The molecule has 0 bridgehead atoms. The summed E-state index contributed by atoms with van der Waals surface area (Å²) >= 11 is 0. The summed E-state index contributed by atoms with van der Waals surface area (Å²) in [6.07, 6.45) is 7.17. The second-order valence-corrected chi connectivity index (χ2v) is 9.59. The Bertz CT molecular complexity index is 916. The van der Waals surface area contributed by atoms with Gasteiger partial charge in [0.1, 0.15) is 5.82 Å². The van der Waals surface area contributed by atoms with Crippen LogP contribution in [0.2, 0.25) is 0 Å². The molecule has 6 rings (SSSR count). The lowest BCUT2D eigenvalue weighted by Crippen LogP contribution is -2.47. The Kier molecular flexibility index (Phi) is 6.65. The van der Waals surface area contributed by atoms with Gasteiger partial charge in [-0.15, -0.1) is 0 Å². The number of para-hydroxylation sites is 1. The summed E-state index contributed by atoms with van der Waals surface area (Å²) < 4.78 is 0. The van der Waals surface area contributed by atoms with Gasteiger partial charge in [0, 0.05) is 82.9 Å². The first-order chi connectivity index (χ1) is 16.3. The summed E-state index contributed by atoms with van der Waals surface area (Å²) in [5.41, 5.74) is 5.61. The topological polar surface area (TPSA) is 45.8 Å². The van der Waals surface area contributed by atoms with Gasteiger partial charge in [-0.1, -0.05) is 38.1 Å². The van der Waals surface area contributed by atoms with E-state index >= 15 is 0 Å². The number of likely N-dealkylation sites (N-methyl/N-ethyl adjacent to an activating group) is 1. The van der Waals surface area contributed by atoms with Gasteiger partial charge in [0.25, 0.3) is 0 Å². The Morgan fingerprint density at radius 3 is 2.30 bits per heavy atom. The van der Waals surface area contributed by atoms with E-state index in [-0.39, 0.29) is 6.04 Å². The third-order valence-electron chi connectivity index (χ3n) is 7.79. The highest BCUT2D eigenvalue weighted by molar-refractivity contribution is 5.81. The smallest absolute Gasteiger partial charge is 0.102 e. The van der Waals surface area contributed by atoms with Crippen LogP contribution in [0.4, 0.5) is 5.69 Å². The average Bonchev–Trinajstić information content (AvgIpc) is 3.49. The Morgan fingerprint density at radius 2 is 1.61 bits per heavy atom. The fourth-order valence-corrected chi connectivity index (χ4v) is 6.00. The molecule has 0 amide bonds. The number of benzene rings is 1. The molecular formula is C27H40N6. The predicted molar refractivity (Wildman–Crippen MR) is 138 cm³/mol. The number of dihydropyridines is 1. The lowest BCUT2D eigenvalue weighted by atomic mass is 9.93. The second-order valence-electron chi connectivity index (χ2n) is 9.59. The summed E-state index contributed by atoms with van der Waals surface area (Å²) in [6, 6.07) is 9.23. The van der Waals surface area contributed by atoms with Gasteiger partial charge >= 0.3 is 0 Å². The van der Waals surface area contributed by atoms with E-state index in [0.29, 0.717) is 0 Å². The van der Waals surface area contributed by atoms with Crippen LogP contribution >= 0.6 is 0 Å². The molecular weight excluding hydrogens is 408 g/mol. The van der Waals surface area contributed by atoms with Crippen molar-refractivity contribution in [1.29, 1.82) is 0 Å². The van der Waals surface area contributed by atoms with Crippen molar-refractivity contribution in [3.05, 3.63) is 59.5 Å². The summed E-state index contributed by atoms with van der Waals surface area (Å²) in [6.45, 7) is 13.9. The summed E-state index contributed by atoms with van der Waals surface area (Å²) in [5.74, 6) is 2.87. The van der Waals surface area contributed by atoms with Crippen LogP contribution in [0.15, 0.2) is 53.9 Å². The van der Waals surface area contributed by atoms with E-state index in [1.807, 2.05) is 13.8 Å². The van der Waals surface area contributed by atoms with Crippen molar-refractivity contribution < 1.29 is 0 Å². The minimum atomic E-state index is 0.289. The molecule has 3 atom stereocenters. The molecule has 3 fully saturated rings. The first-order valence-corrected chi connectivity index (χ1v) is 12.9. The van der Waals surface area contributed by atoms with Crippen LogP contribution < -0.4 is 20.9 Å². The number of hydrogen-bond donors (Lipinski definition) is 3. The zero-order valence-corrected chi connectivity index (χ0v) is 20.5. The monoisotopic (exact) mass is 448 g/mol. The number of hydrogen-bond acceptors (Lipinski definition) is 6. The van der Waals surface area contributed by atoms with Gasteiger partial charge in [-0.25, -0.2) is 0 Å². The van der Waals surface area contributed by atoms with E-state index in [4.69, 9.17) is 0 Å². The number of allylic oxidation sites excluding steroid dienone is 2. The zero-order valence-electron chi connectivity index (χ0n) is 20.5. The maximum Gasteiger partial charge on any atom is 0.102 e. The Labute approximate surface area is 199 Å². The standard InChI is InChI=1S/C25H34N6.C2H6/c1-29-22-5-3-2-4-21(22)24(31-16-19-13-27-14-20(19)17-31)12-23(29)18-6-7-25(28-15-18)30-10-8-26-9-11-30;1-2/h2-7,12,19-20,23,26-28H,8-11,13-17H2,1H3;1-2H3. The number of fused-ring (bicyclic) bond motifs is 2. The highest BCUT2D eigenvalue weighted by Gasteiger charge is 2.39. The Morgan fingerprint density at radius 1 is 0.879 bits per heavy atom. The molecule has 0 saturated carbocycles. The molecule has 3 saturated heterocycles. The van der Waals surface area contributed by atoms with Gasteiger partial charge in [-0.3, -0.25) is 0 Å². The molecule has 5 aliphatic rings. The SMILES string of the molecule is CC.CN1c2ccccc2C(N2CC3CNCC3C2)=CC1C1=CC=C(N2CCNCC2)NC1. The van der Waals surface area contributed by atoms with Gasteiger partial charge in [0.2, 0.25) is 0 Å². The minimum absolute atomic E-state index is 0.289. The maximum absolute atomic E-state index is 3.71. The highest BCUT2D eigenvalue weighted by Crippen LogP contribution is 2.40. The van der Waals surface area contributed by atoms with E-state index in [0.717, 1.165) is 44.6 Å². The van der Waals surface area contributed by atoms with Crippen molar-refractivity contribution >= 4 is 11.4 Å². The van der Waals surface area contributed by atoms with Crippen molar-refractivity contribution in [1.82, 2.24) is 25.8 Å². The van der Waals surface area contributed by atoms with Crippen molar-refractivity contribution in [3.63, 3.8) is 0 Å².